The molecule has 0 fully saturated rings. The maximum atomic E-state index is 11.2. The topological polar surface area (TPSA) is 44.8 Å². The van der Waals surface area contributed by atoms with Gasteiger partial charge < -0.3 is 14.2 Å². The predicted octanol–water partition coefficient (Wildman–Crippen LogP) is 4.50. The van der Waals surface area contributed by atoms with Crippen molar-refractivity contribution < 1.29 is 19.0 Å². The van der Waals surface area contributed by atoms with Gasteiger partial charge in [0, 0.05) is 19.1 Å². The van der Waals surface area contributed by atoms with Crippen LogP contribution in [0.1, 0.15) is 45.4 Å². The SMILES string of the molecule is C=C(C)C(=O)OCCCCCCCC(OC)Oc1ccccc1. The van der Waals surface area contributed by atoms with Crippen molar-refractivity contribution in [3.63, 3.8) is 0 Å². The van der Waals surface area contributed by atoms with E-state index in [9.17, 15) is 4.79 Å². The Morgan fingerprint density at radius 2 is 1.74 bits per heavy atom. The minimum Gasteiger partial charge on any atom is -0.465 e. The molecule has 0 radical (unpaired) electrons. The lowest BCUT2D eigenvalue weighted by Gasteiger charge is -2.17. The molecule has 0 saturated carbocycles. The van der Waals surface area contributed by atoms with Crippen molar-refractivity contribution in [2.75, 3.05) is 13.7 Å². The highest BCUT2D eigenvalue weighted by Gasteiger charge is 2.08. The second kappa shape index (κ2) is 11.7. The fraction of sp³-hybridized carbons (Fsp3) is 0.526. The van der Waals surface area contributed by atoms with E-state index in [1.165, 1.54) is 0 Å². The number of rotatable bonds is 12. The molecule has 0 aliphatic rings. The molecule has 4 heteroatoms. The summed E-state index contributed by atoms with van der Waals surface area (Å²) in [5.74, 6) is 0.532. The molecule has 1 unspecified atom stereocenters. The van der Waals surface area contributed by atoms with Gasteiger partial charge in [0.15, 0.2) is 6.29 Å². The van der Waals surface area contributed by atoms with Gasteiger partial charge in [0.2, 0.25) is 0 Å². The smallest absolute Gasteiger partial charge is 0.333 e. The summed E-state index contributed by atoms with van der Waals surface area (Å²) < 4.78 is 16.2. The monoisotopic (exact) mass is 320 g/mol. The number of unbranched alkanes of at least 4 members (excludes halogenated alkanes) is 4. The standard InChI is InChI=1S/C19H28O4/c1-16(2)19(20)22-15-11-6-4-5-10-14-18(21-3)23-17-12-8-7-9-13-17/h7-9,12-13,18H,1,4-6,10-11,14-15H2,2-3H3. The summed E-state index contributed by atoms with van der Waals surface area (Å²) in [5, 5.41) is 0. The quantitative estimate of drug-likeness (QED) is 0.246. The van der Waals surface area contributed by atoms with Crippen molar-refractivity contribution >= 4 is 5.97 Å². The highest BCUT2D eigenvalue weighted by molar-refractivity contribution is 5.86. The van der Waals surface area contributed by atoms with Gasteiger partial charge in [-0.15, -0.1) is 0 Å². The Kier molecular flexibility index (Phi) is 9.80. The van der Waals surface area contributed by atoms with E-state index in [0.717, 1.165) is 44.3 Å². The first-order valence-electron chi connectivity index (χ1n) is 8.20. The van der Waals surface area contributed by atoms with Crippen LogP contribution in [0.4, 0.5) is 0 Å². The summed E-state index contributed by atoms with van der Waals surface area (Å²) in [6, 6.07) is 9.71. The van der Waals surface area contributed by atoms with Crippen LogP contribution in [0.2, 0.25) is 0 Å². The van der Waals surface area contributed by atoms with Crippen LogP contribution in [-0.2, 0) is 14.3 Å². The first kappa shape index (κ1) is 19.2. The molecule has 0 aliphatic heterocycles. The van der Waals surface area contributed by atoms with Crippen LogP contribution in [0.25, 0.3) is 0 Å². The van der Waals surface area contributed by atoms with Crippen LogP contribution < -0.4 is 4.74 Å². The van der Waals surface area contributed by atoms with Gasteiger partial charge in [0.1, 0.15) is 5.75 Å². The first-order valence-corrected chi connectivity index (χ1v) is 8.20. The molecule has 1 aromatic carbocycles. The Labute approximate surface area is 139 Å². The van der Waals surface area contributed by atoms with E-state index in [1.54, 1.807) is 14.0 Å². The van der Waals surface area contributed by atoms with Gasteiger partial charge >= 0.3 is 5.97 Å². The van der Waals surface area contributed by atoms with Gasteiger partial charge in [-0.3, -0.25) is 0 Å². The van der Waals surface area contributed by atoms with Crippen LogP contribution in [0, 0.1) is 0 Å². The molecule has 1 rings (SSSR count). The van der Waals surface area contributed by atoms with Gasteiger partial charge in [-0.1, -0.05) is 44.0 Å². The number of esters is 1. The Bertz CT molecular complexity index is 456. The number of carbonyl (C=O) groups excluding carboxylic acids is 1. The minimum atomic E-state index is -0.300. The molecule has 0 N–H and O–H groups in total. The number of carbonyl (C=O) groups is 1. The molecule has 128 valence electrons. The van der Waals surface area contributed by atoms with E-state index in [0.29, 0.717) is 12.2 Å². The number of para-hydroxylation sites is 1. The molecule has 0 heterocycles. The highest BCUT2D eigenvalue weighted by atomic mass is 16.7. The number of methoxy groups -OCH3 is 1. The molecule has 0 aliphatic carbocycles. The van der Waals surface area contributed by atoms with Gasteiger partial charge in [-0.25, -0.2) is 4.79 Å². The fourth-order valence-electron chi connectivity index (χ4n) is 2.11. The summed E-state index contributed by atoms with van der Waals surface area (Å²) >= 11 is 0. The van der Waals surface area contributed by atoms with E-state index in [-0.39, 0.29) is 12.3 Å². The zero-order valence-electron chi connectivity index (χ0n) is 14.3. The number of hydrogen-bond donors (Lipinski definition) is 0. The third-order valence-corrected chi connectivity index (χ3v) is 3.44. The number of benzene rings is 1. The average molecular weight is 320 g/mol. The lowest BCUT2D eigenvalue weighted by molar-refractivity contribution is -0.139. The molecule has 0 spiro atoms. The van der Waals surface area contributed by atoms with Crippen molar-refractivity contribution in [3.05, 3.63) is 42.5 Å². The Hall–Kier alpha value is -1.81. The lowest BCUT2D eigenvalue weighted by Crippen LogP contribution is -2.18. The summed E-state index contributed by atoms with van der Waals surface area (Å²) in [6.45, 7) is 5.69. The summed E-state index contributed by atoms with van der Waals surface area (Å²) in [7, 11) is 1.67. The third-order valence-electron chi connectivity index (χ3n) is 3.44. The number of hydrogen-bond acceptors (Lipinski definition) is 4. The number of ether oxygens (including phenoxy) is 3. The van der Waals surface area contributed by atoms with Crippen molar-refractivity contribution in [3.8, 4) is 5.75 Å². The fourth-order valence-corrected chi connectivity index (χ4v) is 2.11. The van der Waals surface area contributed by atoms with Crippen LogP contribution in [0.5, 0.6) is 5.75 Å². The Morgan fingerprint density at radius 1 is 1.09 bits per heavy atom. The Balaban J connectivity index is 2.03. The molecule has 4 nitrogen and oxygen atoms in total. The van der Waals surface area contributed by atoms with Crippen molar-refractivity contribution in [2.24, 2.45) is 0 Å². The Morgan fingerprint density at radius 3 is 2.39 bits per heavy atom. The highest BCUT2D eigenvalue weighted by Crippen LogP contribution is 2.15. The summed E-state index contributed by atoms with van der Waals surface area (Å²) in [5.41, 5.74) is 0.453. The molecule has 1 atom stereocenters. The van der Waals surface area contributed by atoms with Crippen LogP contribution in [0.3, 0.4) is 0 Å². The summed E-state index contributed by atoms with van der Waals surface area (Å²) in [6.07, 6.45) is 5.91. The molecule has 0 saturated heterocycles. The van der Waals surface area contributed by atoms with E-state index in [1.807, 2.05) is 30.3 Å². The van der Waals surface area contributed by atoms with Gasteiger partial charge in [-0.05, 0) is 31.9 Å². The van der Waals surface area contributed by atoms with Gasteiger partial charge in [-0.2, -0.15) is 0 Å². The minimum absolute atomic E-state index is 0.200. The van der Waals surface area contributed by atoms with E-state index in [2.05, 4.69) is 6.58 Å². The largest absolute Gasteiger partial charge is 0.465 e. The molecule has 23 heavy (non-hydrogen) atoms. The average Bonchev–Trinajstić information content (AvgIpc) is 2.56. The summed E-state index contributed by atoms with van der Waals surface area (Å²) in [4.78, 5) is 11.2. The molecular formula is C19H28O4. The van der Waals surface area contributed by atoms with Crippen LogP contribution >= 0.6 is 0 Å². The lowest BCUT2D eigenvalue weighted by atomic mass is 10.1. The second-order valence-corrected chi connectivity index (χ2v) is 5.57. The van der Waals surface area contributed by atoms with Crippen LogP contribution in [-0.4, -0.2) is 26.0 Å². The van der Waals surface area contributed by atoms with Crippen LogP contribution in [0.15, 0.2) is 42.5 Å². The van der Waals surface area contributed by atoms with E-state index >= 15 is 0 Å². The second-order valence-electron chi connectivity index (χ2n) is 5.57. The van der Waals surface area contributed by atoms with Crippen molar-refractivity contribution in [1.29, 1.82) is 0 Å². The zero-order valence-corrected chi connectivity index (χ0v) is 14.3. The molecular weight excluding hydrogens is 292 g/mol. The normalized spacial score (nSPS) is 11.7. The van der Waals surface area contributed by atoms with Gasteiger partial charge in [0.25, 0.3) is 0 Å². The first-order chi connectivity index (χ1) is 11.1. The molecule has 0 aromatic heterocycles. The zero-order chi connectivity index (χ0) is 16.9. The molecule has 1 aromatic rings. The van der Waals surface area contributed by atoms with Crippen molar-refractivity contribution in [1.82, 2.24) is 0 Å². The molecule has 0 bridgehead atoms. The van der Waals surface area contributed by atoms with E-state index < -0.39 is 0 Å². The van der Waals surface area contributed by atoms with E-state index in [4.69, 9.17) is 14.2 Å². The maximum absolute atomic E-state index is 11.2. The maximum Gasteiger partial charge on any atom is 0.333 e. The molecule has 0 amide bonds. The third kappa shape index (κ3) is 9.04. The van der Waals surface area contributed by atoms with Crippen molar-refractivity contribution in [2.45, 2.75) is 51.7 Å². The van der Waals surface area contributed by atoms with Gasteiger partial charge in [0.05, 0.1) is 6.61 Å². The predicted molar refractivity (Wildman–Crippen MR) is 91.3 cm³/mol.